The zero-order chi connectivity index (χ0) is 17.4. The molecule has 4 rings (SSSR count). The third-order valence-corrected chi connectivity index (χ3v) is 8.82. The fraction of sp³-hybridized carbons (Fsp3) is 0.0952. The van der Waals surface area contributed by atoms with E-state index in [1.807, 2.05) is 86.6 Å². The molecule has 0 aliphatic rings. The molecular formula is C21H18NOPS. The predicted molar refractivity (Wildman–Crippen MR) is 108 cm³/mol. The quantitative estimate of drug-likeness (QED) is 0.500. The molecule has 0 radical (unpaired) electrons. The zero-order valence-electron chi connectivity index (χ0n) is 14.1. The first-order valence-corrected chi connectivity index (χ1v) is 10.7. The molecule has 0 aliphatic heterocycles. The number of aryl methyl sites for hydroxylation is 2. The summed E-state index contributed by atoms with van der Waals surface area (Å²) in [5.41, 5.74) is 3.11. The lowest BCUT2D eigenvalue weighted by Crippen LogP contribution is -2.25. The lowest BCUT2D eigenvalue weighted by atomic mass is 10.2. The molecule has 4 heteroatoms. The van der Waals surface area contributed by atoms with Crippen LogP contribution >= 0.6 is 18.5 Å². The molecule has 3 aromatic carbocycles. The summed E-state index contributed by atoms with van der Waals surface area (Å²) in [5.74, 6) is 0. The van der Waals surface area contributed by atoms with Gasteiger partial charge in [-0.15, -0.1) is 11.3 Å². The molecule has 0 amide bonds. The molecule has 0 unspecified atom stereocenters. The van der Waals surface area contributed by atoms with Crippen molar-refractivity contribution in [3.8, 4) is 0 Å². The van der Waals surface area contributed by atoms with E-state index >= 15 is 0 Å². The minimum absolute atomic E-state index is 0.699. The zero-order valence-corrected chi connectivity index (χ0v) is 15.9. The van der Waals surface area contributed by atoms with E-state index in [0.717, 1.165) is 32.0 Å². The van der Waals surface area contributed by atoms with Gasteiger partial charge in [-0.25, -0.2) is 4.98 Å². The maximum atomic E-state index is 14.4. The minimum atomic E-state index is -3.00. The molecule has 0 N–H and O–H groups in total. The molecule has 0 saturated carbocycles. The first-order chi connectivity index (χ1) is 12.1. The van der Waals surface area contributed by atoms with Crippen LogP contribution in [-0.4, -0.2) is 4.98 Å². The number of benzene rings is 3. The topological polar surface area (TPSA) is 30.0 Å². The van der Waals surface area contributed by atoms with Gasteiger partial charge in [0.05, 0.1) is 10.2 Å². The highest BCUT2D eigenvalue weighted by atomic mass is 32.1. The smallest absolute Gasteiger partial charge is 0.198 e. The summed E-state index contributed by atoms with van der Waals surface area (Å²) in [4.78, 5) is 4.75. The van der Waals surface area contributed by atoms with Gasteiger partial charge < -0.3 is 4.57 Å². The van der Waals surface area contributed by atoms with Gasteiger partial charge in [0.1, 0.15) is 0 Å². The van der Waals surface area contributed by atoms with Gasteiger partial charge in [-0.2, -0.15) is 0 Å². The summed E-state index contributed by atoms with van der Waals surface area (Å²) in [6, 6.07) is 23.9. The molecular weight excluding hydrogens is 345 g/mol. The summed E-state index contributed by atoms with van der Waals surface area (Å²) in [5, 5.41) is 1.69. The third kappa shape index (κ3) is 2.84. The number of aromatic nitrogens is 1. The van der Waals surface area contributed by atoms with Crippen LogP contribution in [0.4, 0.5) is 0 Å². The average Bonchev–Trinajstić information content (AvgIpc) is 3.05. The first-order valence-electron chi connectivity index (χ1n) is 8.18. The van der Waals surface area contributed by atoms with E-state index in [1.165, 1.54) is 11.3 Å². The Morgan fingerprint density at radius 3 is 1.96 bits per heavy atom. The van der Waals surface area contributed by atoms with Crippen LogP contribution in [0.15, 0.2) is 72.8 Å². The number of para-hydroxylation sites is 1. The summed E-state index contributed by atoms with van der Waals surface area (Å²) in [6.07, 6.45) is 0. The third-order valence-electron chi connectivity index (χ3n) is 4.28. The Bertz CT molecular complexity index is 1030. The van der Waals surface area contributed by atoms with Gasteiger partial charge in [-0.3, -0.25) is 0 Å². The molecule has 25 heavy (non-hydrogen) atoms. The normalized spacial score (nSPS) is 11.8. The van der Waals surface area contributed by atoms with Crippen LogP contribution in [0.3, 0.4) is 0 Å². The number of fused-ring (bicyclic) bond motifs is 1. The van der Waals surface area contributed by atoms with E-state index in [1.54, 1.807) is 0 Å². The average molecular weight is 363 g/mol. The van der Waals surface area contributed by atoms with Gasteiger partial charge in [-0.1, -0.05) is 59.7 Å². The van der Waals surface area contributed by atoms with Crippen molar-refractivity contribution < 1.29 is 4.57 Å². The standard InChI is InChI=1S/C21H18NOPS/c1-15-7-5-9-17(13-15)24(23,18-10-6-8-16(2)14-18)21-22-19-11-3-4-12-20(19)25-21/h3-14H,1-2H3. The highest BCUT2D eigenvalue weighted by Gasteiger charge is 2.33. The second-order valence-electron chi connectivity index (χ2n) is 6.25. The van der Waals surface area contributed by atoms with Crippen molar-refractivity contribution in [2.45, 2.75) is 13.8 Å². The molecule has 1 aromatic heterocycles. The van der Waals surface area contributed by atoms with E-state index in [4.69, 9.17) is 4.98 Å². The van der Waals surface area contributed by atoms with Gasteiger partial charge in [0.25, 0.3) is 0 Å². The van der Waals surface area contributed by atoms with Crippen LogP contribution in [0.1, 0.15) is 11.1 Å². The highest BCUT2D eigenvalue weighted by molar-refractivity contribution is 7.89. The van der Waals surface area contributed by atoms with Crippen molar-refractivity contribution >= 4 is 44.1 Å². The Balaban J connectivity index is 2.03. The van der Waals surface area contributed by atoms with Crippen molar-refractivity contribution in [2.24, 2.45) is 0 Å². The number of nitrogens with zero attached hydrogens (tertiary/aromatic N) is 1. The first kappa shape index (κ1) is 16.3. The monoisotopic (exact) mass is 363 g/mol. The fourth-order valence-corrected chi connectivity index (χ4v) is 7.51. The highest BCUT2D eigenvalue weighted by Crippen LogP contribution is 2.44. The maximum Gasteiger partial charge on any atom is 0.198 e. The van der Waals surface area contributed by atoms with Gasteiger partial charge in [0.2, 0.25) is 0 Å². The molecule has 0 saturated heterocycles. The Kier molecular flexibility index (Phi) is 4.07. The van der Waals surface area contributed by atoms with Crippen molar-refractivity contribution in [1.29, 1.82) is 0 Å². The van der Waals surface area contributed by atoms with Crippen molar-refractivity contribution in [3.63, 3.8) is 0 Å². The van der Waals surface area contributed by atoms with E-state index in [-0.39, 0.29) is 0 Å². The SMILES string of the molecule is Cc1cccc(P(=O)(c2cccc(C)c2)c2nc3ccccc3s2)c1. The number of thiazole rings is 1. The van der Waals surface area contributed by atoms with Crippen LogP contribution < -0.4 is 15.4 Å². The summed E-state index contributed by atoms with van der Waals surface area (Å²) < 4.78 is 16.2. The van der Waals surface area contributed by atoms with Crippen molar-refractivity contribution in [1.82, 2.24) is 4.98 Å². The second kappa shape index (κ2) is 6.25. The van der Waals surface area contributed by atoms with Gasteiger partial charge in [-0.05, 0) is 38.1 Å². The molecule has 0 bridgehead atoms. The summed E-state index contributed by atoms with van der Waals surface area (Å²) >= 11 is 1.53. The van der Waals surface area contributed by atoms with Crippen molar-refractivity contribution in [3.05, 3.63) is 83.9 Å². The molecule has 1 heterocycles. The van der Waals surface area contributed by atoms with Crippen LogP contribution in [0.2, 0.25) is 0 Å². The Hall–Kier alpha value is -2.22. The minimum Gasteiger partial charge on any atom is -0.306 e. The molecule has 124 valence electrons. The van der Waals surface area contributed by atoms with Crippen LogP contribution in [0.5, 0.6) is 0 Å². The van der Waals surface area contributed by atoms with Gasteiger partial charge >= 0.3 is 0 Å². The van der Waals surface area contributed by atoms with E-state index in [9.17, 15) is 4.57 Å². The molecule has 4 aromatic rings. The largest absolute Gasteiger partial charge is 0.306 e. The Labute approximate surface area is 151 Å². The molecule has 0 spiro atoms. The van der Waals surface area contributed by atoms with E-state index in [2.05, 4.69) is 0 Å². The van der Waals surface area contributed by atoms with Crippen LogP contribution in [-0.2, 0) is 4.57 Å². The van der Waals surface area contributed by atoms with Gasteiger partial charge in [0, 0.05) is 10.6 Å². The number of hydrogen-bond donors (Lipinski definition) is 0. The molecule has 0 aliphatic carbocycles. The fourth-order valence-electron chi connectivity index (χ4n) is 3.01. The molecule has 0 fully saturated rings. The van der Waals surface area contributed by atoms with E-state index < -0.39 is 7.14 Å². The summed E-state index contributed by atoms with van der Waals surface area (Å²) in [7, 11) is -3.00. The number of rotatable bonds is 3. The van der Waals surface area contributed by atoms with E-state index in [0.29, 0.717) is 4.75 Å². The number of hydrogen-bond acceptors (Lipinski definition) is 3. The van der Waals surface area contributed by atoms with Crippen LogP contribution in [0.25, 0.3) is 10.2 Å². The Morgan fingerprint density at radius 2 is 1.40 bits per heavy atom. The maximum absolute atomic E-state index is 14.4. The van der Waals surface area contributed by atoms with Gasteiger partial charge in [0.15, 0.2) is 11.9 Å². The predicted octanol–water partition coefficient (Wildman–Crippen LogP) is 4.55. The van der Waals surface area contributed by atoms with Crippen LogP contribution in [0, 0.1) is 13.8 Å². The lowest BCUT2D eigenvalue weighted by Gasteiger charge is -2.18. The Morgan fingerprint density at radius 1 is 0.800 bits per heavy atom. The molecule has 2 nitrogen and oxygen atoms in total. The lowest BCUT2D eigenvalue weighted by molar-refractivity contribution is 0.592. The second-order valence-corrected chi connectivity index (χ2v) is 10.3. The molecule has 0 atom stereocenters. The van der Waals surface area contributed by atoms with Crippen molar-refractivity contribution in [2.75, 3.05) is 0 Å². The summed E-state index contributed by atoms with van der Waals surface area (Å²) in [6.45, 7) is 4.06.